The predicted molar refractivity (Wildman–Crippen MR) is 79.9 cm³/mol. The number of nitrogens with two attached hydrogens (primary N) is 1. The summed E-state index contributed by atoms with van der Waals surface area (Å²) in [7, 11) is 0. The summed E-state index contributed by atoms with van der Waals surface area (Å²) < 4.78 is 5.85. The monoisotopic (exact) mass is 342 g/mol. The maximum Gasteiger partial charge on any atom is 0.308 e. The van der Waals surface area contributed by atoms with E-state index in [0.29, 0.717) is 6.61 Å². The second-order valence-corrected chi connectivity index (χ2v) is 5.33. The minimum atomic E-state index is -0.629. The van der Waals surface area contributed by atoms with Gasteiger partial charge in [-0.15, -0.1) is 0 Å². The van der Waals surface area contributed by atoms with Crippen LogP contribution in [0.1, 0.15) is 31.9 Å². The van der Waals surface area contributed by atoms with Crippen LogP contribution in [0.2, 0.25) is 0 Å². The predicted octanol–water partition coefficient (Wildman–Crippen LogP) is 1.91. The van der Waals surface area contributed by atoms with E-state index in [4.69, 9.17) is 10.5 Å². The number of hydrogen-bond acceptors (Lipinski definition) is 4. The van der Waals surface area contributed by atoms with Crippen molar-refractivity contribution in [2.45, 2.75) is 32.4 Å². The lowest BCUT2D eigenvalue weighted by Gasteiger charge is -2.19. The molecule has 0 heterocycles. The van der Waals surface area contributed by atoms with Gasteiger partial charge in [0.25, 0.3) is 0 Å². The van der Waals surface area contributed by atoms with Gasteiger partial charge < -0.3 is 15.8 Å². The average Bonchev–Trinajstić information content (AvgIpc) is 2.39. The molecule has 110 valence electrons. The molecule has 0 fully saturated rings. The Bertz CT molecular complexity index is 460. The van der Waals surface area contributed by atoms with Gasteiger partial charge in [0.1, 0.15) is 0 Å². The Kier molecular flexibility index (Phi) is 6.67. The van der Waals surface area contributed by atoms with Crippen molar-refractivity contribution in [1.29, 1.82) is 0 Å². The third kappa shape index (κ3) is 5.30. The summed E-state index contributed by atoms with van der Waals surface area (Å²) in [6, 6.07) is 6.32. The molecule has 5 nitrogen and oxygen atoms in total. The van der Waals surface area contributed by atoms with Crippen LogP contribution >= 0.6 is 15.9 Å². The van der Waals surface area contributed by atoms with Crippen LogP contribution in [0.5, 0.6) is 0 Å². The Morgan fingerprint density at radius 1 is 1.35 bits per heavy atom. The van der Waals surface area contributed by atoms with E-state index in [1.807, 2.05) is 24.3 Å². The Hall–Kier alpha value is -1.40. The van der Waals surface area contributed by atoms with E-state index in [9.17, 15) is 9.59 Å². The Morgan fingerprint density at radius 3 is 2.45 bits per heavy atom. The van der Waals surface area contributed by atoms with Gasteiger partial charge in [-0.2, -0.15) is 0 Å². The van der Waals surface area contributed by atoms with Gasteiger partial charge in [-0.05, 0) is 31.5 Å². The number of halogens is 1. The third-order valence-corrected chi connectivity index (χ3v) is 3.21. The van der Waals surface area contributed by atoms with Gasteiger partial charge in [-0.25, -0.2) is 0 Å². The lowest BCUT2D eigenvalue weighted by molar-refractivity contribution is -0.143. The third-order valence-electron chi connectivity index (χ3n) is 2.68. The van der Waals surface area contributed by atoms with Gasteiger partial charge in [0.05, 0.1) is 25.1 Å². The lowest BCUT2D eigenvalue weighted by atomic mass is 10.0. The summed E-state index contributed by atoms with van der Waals surface area (Å²) in [5, 5.41) is 2.76. The number of nitrogens with one attached hydrogen (secondary N) is 1. The highest BCUT2D eigenvalue weighted by molar-refractivity contribution is 9.10. The quantitative estimate of drug-likeness (QED) is 0.773. The van der Waals surface area contributed by atoms with Crippen LogP contribution in [0, 0.1) is 0 Å². The van der Waals surface area contributed by atoms with Crippen molar-refractivity contribution >= 4 is 27.8 Å². The molecule has 0 saturated carbocycles. The van der Waals surface area contributed by atoms with Crippen molar-refractivity contribution in [1.82, 2.24) is 5.32 Å². The summed E-state index contributed by atoms with van der Waals surface area (Å²) in [5.74, 6) is -0.660. The van der Waals surface area contributed by atoms with Crippen LogP contribution in [0.3, 0.4) is 0 Å². The number of esters is 1. The standard InChI is InChI=1S/C14H19BrN2O3/c1-3-20-13(18)8-12(17-14(19)9(2)16)10-4-6-11(15)7-5-10/h4-7,9,12H,3,8,16H2,1-2H3,(H,17,19)/t9-,12?/m1/s1. The topological polar surface area (TPSA) is 81.4 Å². The number of amides is 1. The number of hydrogen-bond donors (Lipinski definition) is 2. The number of carbonyl (C=O) groups is 2. The van der Waals surface area contributed by atoms with E-state index >= 15 is 0 Å². The summed E-state index contributed by atoms with van der Waals surface area (Å²) in [6.45, 7) is 3.65. The SMILES string of the molecule is CCOC(=O)CC(NC(=O)[C@@H](C)N)c1ccc(Br)cc1. The summed E-state index contributed by atoms with van der Waals surface area (Å²) >= 11 is 3.35. The van der Waals surface area contributed by atoms with Gasteiger partial charge in [0, 0.05) is 4.47 Å². The maximum absolute atomic E-state index is 11.7. The molecule has 0 aliphatic rings. The second-order valence-electron chi connectivity index (χ2n) is 4.41. The van der Waals surface area contributed by atoms with Gasteiger partial charge in [-0.3, -0.25) is 9.59 Å². The number of ether oxygens (including phenoxy) is 1. The van der Waals surface area contributed by atoms with Crippen LogP contribution in [0.15, 0.2) is 28.7 Å². The fraction of sp³-hybridized carbons (Fsp3) is 0.429. The first-order valence-corrected chi connectivity index (χ1v) is 7.20. The molecule has 1 rings (SSSR count). The number of rotatable bonds is 6. The first-order chi connectivity index (χ1) is 9.43. The lowest BCUT2D eigenvalue weighted by Crippen LogP contribution is -2.41. The Labute approximate surface area is 127 Å². The molecule has 1 amide bonds. The van der Waals surface area contributed by atoms with Crippen LogP contribution < -0.4 is 11.1 Å². The van der Waals surface area contributed by atoms with Gasteiger partial charge in [-0.1, -0.05) is 28.1 Å². The van der Waals surface area contributed by atoms with E-state index in [2.05, 4.69) is 21.2 Å². The van der Waals surface area contributed by atoms with Crippen LogP contribution in [-0.2, 0) is 14.3 Å². The molecule has 0 aliphatic carbocycles. The zero-order valence-electron chi connectivity index (χ0n) is 11.6. The van der Waals surface area contributed by atoms with Gasteiger partial charge >= 0.3 is 5.97 Å². The molecule has 1 aromatic carbocycles. The highest BCUT2D eigenvalue weighted by Crippen LogP contribution is 2.20. The minimum absolute atomic E-state index is 0.0773. The fourth-order valence-electron chi connectivity index (χ4n) is 1.64. The average molecular weight is 343 g/mol. The Morgan fingerprint density at radius 2 is 1.95 bits per heavy atom. The highest BCUT2D eigenvalue weighted by Gasteiger charge is 2.20. The maximum atomic E-state index is 11.7. The molecule has 2 atom stereocenters. The van der Waals surface area contributed by atoms with Crippen molar-refractivity contribution in [3.63, 3.8) is 0 Å². The molecule has 0 bridgehead atoms. The molecular formula is C14H19BrN2O3. The highest BCUT2D eigenvalue weighted by atomic mass is 79.9. The zero-order valence-corrected chi connectivity index (χ0v) is 13.1. The van der Waals surface area contributed by atoms with E-state index < -0.39 is 12.1 Å². The molecule has 0 aromatic heterocycles. The van der Waals surface area contributed by atoms with Gasteiger partial charge in [0.15, 0.2) is 0 Å². The molecule has 0 radical (unpaired) electrons. The van der Waals surface area contributed by atoms with E-state index in [0.717, 1.165) is 10.0 Å². The summed E-state index contributed by atoms with van der Waals surface area (Å²) in [5.41, 5.74) is 6.37. The van der Waals surface area contributed by atoms with Crippen molar-refractivity contribution in [3.05, 3.63) is 34.3 Å². The molecule has 1 unspecified atom stereocenters. The van der Waals surface area contributed by atoms with E-state index in [-0.39, 0.29) is 18.3 Å². The number of benzene rings is 1. The molecule has 0 saturated heterocycles. The summed E-state index contributed by atoms with van der Waals surface area (Å²) in [6.07, 6.45) is 0.0773. The van der Waals surface area contributed by atoms with Crippen molar-refractivity contribution < 1.29 is 14.3 Å². The largest absolute Gasteiger partial charge is 0.466 e. The van der Waals surface area contributed by atoms with Crippen LogP contribution in [0.25, 0.3) is 0 Å². The smallest absolute Gasteiger partial charge is 0.308 e. The van der Waals surface area contributed by atoms with Crippen LogP contribution in [0.4, 0.5) is 0 Å². The minimum Gasteiger partial charge on any atom is -0.466 e. The van der Waals surface area contributed by atoms with Crippen molar-refractivity contribution in [2.24, 2.45) is 5.73 Å². The summed E-state index contributed by atoms with van der Waals surface area (Å²) in [4.78, 5) is 23.4. The zero-order chi connectivity index (χ0) is 15.1. The first-order valence-electron chi connectivity index (χ1n) is 6.41. The normalized spacial score (nSPS) is 13.4. The Balaban J connectivity index is 2.85. The van der Waals surface area contributed by atoms with Crippen LogP contribution in [-0.4, -0.2) is 24.5 Å². The fourth-order valence-corrected chi connectivity index (χ4v) is 1.90. The second kappa shape index (κ2) is 8.01. The van der Waals surface area contributed by atoms with Gasteiger partial charge in [0.2, 0.25) is 5.91 Å². The van der Waals surface area contributed by atoms with E-state index in [1.54, 1.807) is 13.8 Å². The number of carbonyl (C=O) groups excluding carboxylic acids is 2. The van der Waals surface area contributed by atoms with Crippen molar-refractivity contribution in [3.8, 4) is 0 Å². The molecular weight excluding hydrogens is 324 g/mol. The molecule has 0 aliphatic heterocycles. The molecule has 20 heavy (non-hydrogen) atoms. The molecule has 6 heteroatoms. The molecule has 0 spiro atoms. The molecule has 1 aromatic rings. The molecule has 3 N–H and O–H groups in total. The first kappa shape index (κ1) is 16.7. The van der Waals surface area contributed by atoms with E-state index in [1.165, 1.54) is 0 Å². The van der Waals surface area contributed by atoms with Crippen molar-refractivity contribution in [2.75, 3.05) is 6.61 Å².